The lowest BCUT2D eigenvalue weighted by atomic mass is 9.80. The summed E-state index contributed by atoms with van der Waals surface area (Å²) in [5, 5.41) is 0.179. The van der Waals surface area contributed by atoms with E-state index in [1.165, 1.54) is 44.1 Å². The lowest BCUT2D eigenvalue weighted by Crippen LogP contribution is -2.58. The Morgan fingerprint density at radius 1 is 1.00 bits per heavy atom. The average Bonchev–Trinajstić information content (AvgIpc) is 2.57. The maximum atomic E-state index is 6.55. The van der Waals surface area contributed by atoms with E-state index in [1.807, 2.05) is 0 Å². The highest BCUT2D eigenvalue weighted by Gasteiger charge is 2.50. The average molecular weight is 335 g/mol. The Bertz CT molecular complexity index is 465. The number of hydrogen-bond acceptors (Lipinski definition) is 2. The molecule has 0 spiro atoms. The first-order valence-electron chi connectivity index (χ1n) is 9.03. The van der Waals surface area contributed by atoms with Gasteiger partial charge in [-0.15, -0.1) is 0 Å². The first-order chi connectivity index (χ1) is 10.7. The van der Waals surface area contributed by atoms with E-state index in [0.29, 0.717) is 5.92 Å². The summed E-state index contributed by atoms with van der Waals surface area (Å²) in [5.41, 5.74) is 1.45. The first kappa shape index (κ1) is 16.4. The van der Waals surface area contributed by atoms with Crippen LogP contribution in [-0.2, 0) is 9.47 Å². The number of benzene rings is 1. The summed E-state index contributed by atoms with van der Waals surface area (Å²) in [6.07, 6.45) is 7.55. The van der Waals surface area contributed by atoms with Crippen LogP contribution in [0.3, 0.4) is 0 Å². The van der Waals surface area contributed by atoms with Crippen molar-refractivity contribution in [3.8, 4) is 0 Å². The molecular weight excluding hydrogens is 304 g/mol. The molecule has 3 unspecified atom stereocenters. The van der Waals surface area contributed by atoms with Gasteiger partial charge in [0.2, 0.25) is 0 Å². The Labute approximate surface area is 140 Å². The number of hydrogen-bond donors (Lipinski definition) is 0. The van der Waals surface area contributed by atoms with E-state index in [2.05, 4.69) is 36.9 Å². The van der Waals surface area contributed by atoms with E-state index < -0.39 is 0 Å². The van der Waals surface area contributed by atoms with Crippen LogP contribution in [0.2, 0.25) is 6.55 Å². The van der Waals surface area contributed by atoms with Crippen LogP contribution < -0.4 is 0 Å². The van der Waals surface area contributed by atoms with E-state index in [-0.39, 0.29) is 20.0 Å². The minimum Gasteiger partial charge on any atom is -0.379 e. The van der Waals surface area contributed by atoms with E-state index in [9.17, 15) is 0 Å². The predicted octanol–water partition coefficient (Wildman–Crippen LogP) is 2.15. The van der Waals surface area contributed by atoms with E-state index in [4.69, 9.17) is 9.47 Å². The SMILES string of the molecule is C[SiH2]C1(C(c2ccccc2)C2([SiH3])CCCCO2)CCCCO1. The first-order valence-corrected chi connectivity index (χ1v) is 12.2. The summed E-state index contributed by atoms with van der Waals surface area (Å²) in [4.78, 5) is 0. The fourth-order valence-corrected chi connectivity index (χ4v) is 8.48. The van der Waals surface area contributed by atoms with Crippen molar-refractivity contribution in [2.75, 3.05) is 13.2 Å². The van der Waals surface area contributed by atoms with Crippen molar-refractivity contribution in [1.29, 1.82) is 0 Å². The van der Waals surface area contributed by atoms with Crippen molar-refractivity contribution >= 4 is 19.8 Å². The van der Waals surface area contributed by atoms with Crippen LogP contribution in [0.25, 0.3) is 0 Å². The van der Waals surface area contributed by atoms with Gasteiger partial charge < -0.3 is 9.47 Å². The summed E-state index contributed by atoms with van der Waals surface area (Å²) in [5.74, 6) is 0.449. The van der Waals surface area contributed by atoms with Crippen LogP contribution in [0.15, 0.2) is 30.3 Å². The van der Waals surface area contributed by atoms with Gasteiger partial charge in [-0.1, -0.05) is 36.9 Å². The molecule has 2 fully saturated rings. The second-order valence-electron chi connectivity index (χ2n) is 7.19. The van der Waals surface area contributed by atoms with Crippen LogP contribution >= 0.6 is 0 Å². The fourth-order valence-electron chi connectivity index (χ4n) is 4.63. The summed E-state index contributed by atoms with van der Waals surface area (Å²) >= 11 is 0. The molecule has 0 saturated carbocycles. The van der Waals surface area contributed by atoms with Crippen LogP contribution in [0, 0.1) is 0 Å². The Balaban J connectivity index is 2.02. The van der Waals surface area contributed by atoms with Gasteiger partial charge in [0.1, 0.15) is 0 Å². The van der Waals surface area contributed by atoms with E-state index in [1.54, 1.807) is 0 Å². The second kappa shape index (κ2) is 6.99. The standard InChI is InChI=1S/C18H30O2Si2/c1-22-18(12-6-8-14-20-18)16(15-9-3-2-4-10-15)17(21)11-5-7-13-19-17/h2-4,9-10,16H,5-8,11-14,22H2,1,21H3. The smallest absolute Gasteiger partial charge is 0.0608 e. The quantitative estimate of drug-likeness (QED) is 0.786. The predicted molar refractivity (Wildman–Crippen MR) is 98.6 cm³/mol. The molecule has 0 aliphatic carbocycles. The van der Waals surface area contributed by atoms with E-state index in [0.717, 1.165) is 23.5 Å². The molecule has 22 heavy (non-hydrogen) atoms. The molecule has 0 radical (unpaired) electrons. The molecule has 0 amide bonds. The molecule has 2 nitrogen and oxygen atoms in total. The molecular formula is C18H30O2Si2. The van der Waals surface area contributed by atoms with Gasteiger partial charge in [-0.2, -0.15) is 0 Å². The van der Waals surface area contributed by atoms with Crippen molar-refractivity contribution in [3.05, 3.63) is 35.9 Å². The largest absolute Gasteiger partial charge is 0.379 e. The third-order valence-electron chi connectivity index (χ3n) is 5.75. The van der Waals surface area contributed by atoms with Gasteiger partial charge in [-0.25, -0.2) is 0 Å². The van der Waals surface area contributed by atoms with Gasteiger partial charge in [0.25, 0.3) is 0 Å². The third-order valence-corrected chi connectivity index (χ3v) is 9.28. The number of rotatable bonds is 4. The van der Waals surface area contributed by atoms with Gasteiger partial charge in [0, 0.05) is 29.4 Å². The monoisotopic (exact) mass is 334 g/mol. The van der Waals surface area contributed by atoms with Crippen LogP contribution in [0.1, 0.15) is 50.0 Å². The fraction of sp³-hybridized carbons (Fsp3) is 0.667. The molecule has 3 rings (SSSR count). The molecule has 2 aliphatic heterocycles. The minimum absolute atomic E-state index is 0.0694. The molecule has 2 saturated heterocycles. The second-order valence-corrected chi connectivity index (χ2v) is 10.8. The molecule has 122 valence electrons. The number of ether oxygens (including phenoxy) is 2. The molecule has 2 aliphatic rings. The van der Waals surface area contributed by atoms with Crippen molar-refractivity contribution < 1.29 is 9.47 Å². The molecule has 1 aromatic carbocycles. The van der Waals surface area contributed by atoms with Crippen LogP contribution in [0.5, 0.6) is 0 Å². The molecule has 0 bridgehead atoms. The highest BCUT2D eigenvalue weighted by Crippen LogP contribution is 2.47. The van der Waals surface area contributed by atoms with Crippen LogP contribution in [-0.4, -0.2) is 43.4 Å². The van der Waals surface area contributed by atoms with Gasteiger partial charge in [-0.3, -0.25) is 0 Å². The normalized spacial score (nSPS) is 35.0. The minimum atomic E-state index is -0.292. The maximum Gasteiger partial charge on any atom is 0.0608 e. The highest BCUT2D eigenvalue weighted by molar-refractivity contribution is 6.38. The lowest BCUT2D eigenvalue weighted by Gasteiger charge is -2.52. The summed E-state index contributed by atoms with van der Waals surface area (Å²) in [6.45, 7) is 4.32. The maximum absolute atomic E-state index is 6.55. The Morgan fingerprint density at radius 2 is 1.68 bits per heavy atom. The molecule has 3 atom stereocenters. The van der Waals surface area contributed by atoms with Gasteiger partial charge in [0.05, 0.1) is 20.0 Å². The zero-order valence-electron chi connectivity index (χ0n) is 14.1. The van der Waals surface area contributed by atoms with Crippen LogP contribution in [0.4, 0.5) is 0 Å². The zero-order chi connectivity index (χ0) is 15.5. The molecule has 0 aromatic heterocycles. The zero-order valence-corrected chi connectivity index (χ0v) is 17.6. The molecule has 4 heteroatoms. The molecule has 0 N–H and O–H groups in total. The summed E-state index contributed by atoms with van der Waals surface area (Å²) < 4.78 is 13.0. The van der Waals surface area contributed by atoms with Crippen molar-refractivity contribution in [2.24, 2.45) is 0 Å². The summed E-state index contributed by atoms with van der Waals surface area (Å²) in [7, 11) is 0.797. The Kier molecular flexibility index (Phi) is 5.22. The van der Waals surface area contributed by atoms with Gasteiger partial charge in [0.15, 0.2) is 0 Å². The van der Waals surface area contributed by atoms with Gasteiger partial charge >= 0.3 is 0 Å². The van der Waals surface area contributed by atoms with E-state index >= 15 is 0 Å². The lowest BCUT2D eigenvalue weighted by molar-refractivity contribution is -0.111. The Hall–Kier alpha value is -0.426. The molecule has 2 heterocycles. The van der Waals surface area contributed by atoms with Crippen molar-refractivity contribution in [2.45, 2.75) is 61.4 Å². The summed E-state index contributed by atoms with van der Waals surface area (Å²) in [6, 6.07) is 11.1. The highest BCUT2D eigenvalue weighted by atomic mass is 28.2. The Morgan fingerprint density at radius 3 is 2.23 bits per heavy atom. The molecule has 1 aromatic rings. The third kappa shape index (κ3) is 3.11. The van der Waals surface area contributed by atoms with Crippen molar-refractivity contribution in [1.82, 2.24) is 0 Å². The van der Waals surface area contributed by atoms with Crippen molar-refractivity contribution in [3.63, 3.8) is 0 Å². The topological polar surface area (TPSA) is 18.5 Å². The van der Waals surface area contributed by atoms with Gasteiger partial charge in [-0.05, 0) is 44.1 Å².